The van der Waals surface area contributed by atoms with Gasteiger partial charge in [0.15, 0.2) is 6.61 Å². The number of aliphatic hydroxyl groups excluding tert-OH is 2. The number of carbonyl (C=O) groups is 2. The maximum absolute atomic E-state index is 11.3. The Morgan fingerprint density at radius 2 is 1.68 bits per heavy atom. The van der Waals surface area contributed by atoms with E-state index in [-0.39, 0.29) is 26.2 Å². The van der Waals surface area contributed by atoms with Crippen molar-refractivity contribution in [3.05, 3.63) is 0 Å². The normalized spacial score (nSPS) is 10.5. The first-order valence-electron chi connectivity index (χ1n) is 5.80. The molecule has 0 heterocycles. The second-order valence-corrected chi connectivity index (χ2v) is 3.58. The molecule has 0 bridgehead atoms. The molecular formula is C10H21N3O6. The Kier molecular flexibility index (Phi) is 11.0. The maximum Gasteiger partial charge on any atom is 0.272 e. The van der Waals surface area contributed by atoms with Crippen LogP contribution in [0.1, 0.15) is 6.42 Å². The molecule has 0 aromatic rings. The minimum absolute atomic E-state index is 0.0463. The minimum atomic E-state index is -0.523. The molecule has 0 spiro atoms. The Morgan fingerprint density at radius 1 is 1.05 bits per heavy atom. The fraction of sp³-hybridized carbons (Fsp3) is 0.800. The van der Waals surface area contributed by atoms with Crippen molar-refractivity contribution in [3.63, 3.8) is 0 Å². The second-order valence-electron chi connectivity index (χ2n) is 3.58. The number of hydroxylamine groups is 2. The zero-order valence-electron chi connectivity index (χ0n) is 10.9. The maximum atomic E-state index is 11.3. The Labute approximate surface area is 111 Å². The van der Waals surface area contributed by atoms with Crippen molar-refractivity contribution >= 4 is 11.8 Å². The van der Waals surface area contributed by atoms with Crippen LogP contribution in [0.15, 0.2) is 0 Å². The van der Waals surface area contributed by atoms with Crippen molar-refractivity contribution in [2.24, 2.45) is 0 Å². The Hall–Kier alpha value is -1.26. The van der Waals surface area contributed by atoms with Crippen LogP contribution >= 0.6 is 0 Å². The molecule has 0 aliphatic rings. The highest BCUT2D eigenvalue weighted by atomic mass is 16.7. The van der Waals surface area contributed by atoms with E-state index >= 15 is 0 Å². The largest absolute Gasteiger partial charge is 0.395 e. The van der Waals surface area contributed by atoms with Gasteiger partial charge in [0, 0.05) is 26.1 Å². The molecule has 19 heavy (non-hydrogen) atoms. The first-order valence-corrected chi connectivity index (χ1v) is 5.80. The van der Waals surface area contributed by atoms with E-state index in [0.29, 0.717) is 19.6 Å². The van der Waals surface area contributed by atoms with Gasteiger partial charge in [0.1, 0.15) is 0 Å². The Morgan fingerprint density at radius 3 is 2.21 bits per heavy atom. The molecule has 0 atom stereocenters. The smallest absolute Gasteiger partial charge is 0.272 e. The van der Waals surface area contributed by atoms with E-state index in [4.69, 9.17) is 10.2 Å². The van der Waals surface area contributed by atoms with Crippen molar-refractivity contribution in [3.8, 4) is 0 Å². The molecule has 0 aliphatic carbocycles. The highest BCUT2D eigenvalue weighted by Crippen LogP contribution is 1.91. The lowest BCUT2D eigenvalue weighted by atomic mass is 10.3. The lowest BCUT2D eigenvalue weighted by Gasteiger charge is -2.19. The molecule has 9 heteroatoms. The number of aliphatic hydroxyl groups is 2. The standard InChI is InChI=1S/C10H21N3O6/c1-18-11-10(17)8-19-12-9(16)2-3-13(4-6-14)5-7-15/h14-15H,2-8H2,1H3,(H,11,17)(H,12,16). The number of nitrogens with one attached hydrogen (secondary N) is 2. The zero-order chi connectivity index (χ0) is 14.5. The van der Waals surface area contributed by atoms with Gasteiger partial charge < -0.3 is 10.2 Å². The lowest BCUT2D eigenvalue weighted by molar-refractivity contribution is -0.144. The number of hydrogen-bond acceptors (Lipinski definition) is 7. The average molecular weight is 279 g/mol. The number of hydrogen-bond donors (Lipinski definition) is 4. The fourth-order valence-corrected chi connectivity index (χ4v) is 1.25. The number of amides is 2. The van der Waals surface area contributed by atoms with E-state index in [1.54, 1.807) is 4.90 Å². The predicted molar refractivity (Wildman–Crippen MR) is 64.5 cm³/mol. The fourth-order valence-electron chi connectivity index (χ4n) is 1.25. The van der Waals surface area contributed by atoms with Crippen molar-refractivity contribution in [1.82, 2.24) is 15.9 Å². The molecule has 0 fully saturated rings. The first kappa shape index (κ1) is 17.7. The monoisotopic (exact) mass is 279 g/mol. The third kappa shape index (κ3) is 10.4. The molecule has 0 aromatic carbocycles. The van der Waals surface area contributed by atoms with Gasteiger partial charge in [-0.2, -0.15) is 0 Å². The summed E-state index contributed by atoms with van der Waals surface area (Å²) in [6, 6.07) is 0. The minimum Gasteiger partial charge on any atom is -0.395 e. The van der Waals surface area contributed by atoms with Gasteiger partial charge in [-0.15, -0.1) is 0 Å². The average Bonchev–Trinajstić information content (AvgIpc) is 2.37. The van der Waals surface area contributed by atoms with Crippen LogP contribution in [0.4, 0.5) is 0 Å². The van der Waals surface area contributed by atoms with Crippen molar-refractivity contribution in [2.45, 2.75) is 6.42 Å². The Bertz CT molecular complexity index is 258. The highest BCUT2D eigenvalue weighted by molar-refractivity contribution is 5.77. The molecule has 2 amide bonds. The highest BCUT2D eigenvalue weighted by Gasteiger charge is 2.08. The third-order valence-corrected chi connectivity index (χ3v) is 2.09. The summed E-state index contributed by atoms with van der Waals surface area (Å²) in [4.78, 5) is 33.0. The molecule has 0 saturated carbocycles. The molecule has 4 N–H and O–H groups in total. The molecule has 0 rings (SSSR count). The summed E-state index contributed by atoms with van der Waals surface area (Å²) in [6.07, 6.45) is 0.131. The van der Waals surface area contributed by atoms with Crippen LogP contribution in [0.5, 0.6) is 0 Å². The Balaban J connectivity index is 3.69. The van der Waals surface area contributed by atoms with Gasteiger partial charge in [0.2, 0.25) is 5.91 Å². The molecule has 0 unspecified atom stereocenters. The van der Waals surface area contributed by atoms with E-state index in [0.717, 1.165) is 0 Å². The summed E-state index contributed by atoms with van der Waals surface area (Å²) in [5.41, 5.74) is 4.13. The number of nitrogens with zero attached hydrogens (tertiary/aromatic N) is 1. The van der Waals surface area contributed by atoms with Crippen LogP contribution in [0.25, 0.3) is 0 Å². The quantitative estimate of drug-likeness (QED) is 0.306. The predicted octanol–water partition coefficient (Wildman–Crippen LogP) is -2.61. The summed E-state index contributed by atoms with van der Waals surface area (Å²) in [5, 5.41) is 17.6. The van der Waals surface area contributed by atoms with Gasteiger partial charge in [-0.05, 0) is 0 Å². The van der Waals surface area contributed by atoms with Gasteiger partial charge in [-0.25, -0.2) is 11.0 Å². The van der Waals surface area contributed by atoms with Gasteiger partial charge in [-0.1, -0.05) is 0 Å². The summed E-state index contributed by atoms with van der Waals surface area (Å²) < 4.78 is 0. The van der Waals surface area contributed by atoms with Crippen LogP contribution in [0.2, 0.25) is 0 Å². The molecule has 0 saturated heterocycles. The summed E-state index contributed by atoms with van der Waals surface area (Å²) in [6.45, 7) is 0.692. The molecule has 0 aliphatic heterocycles. The van der Waals surface area contributed by atoms with E-state index in [1.165, 1.54) is 7.11 Å². The van der Waals surface area contributed by atoms with Gasteiger partial charge in [0.25, 0.3) is 5.91 Å². The summed E-state index contributed by atoms with van der Waals surface area (Å²) in [5.74, 6) is -0.920. The van der Waals surface area contributed by atoms with Crippen LogP contribution in [-0.4, -0.2) is 73.5 Å². The molecule has 0 radical (unpaired) electrons. The molecule has 0 aromatic heterocycles. The van der Waals surface area contributed by atoms with E-state index in [1.807, 2.05) is 5.48 Å². The van der Waals surface area contributed by atoms with E-state index in [2.05, 4.69) is 15.2 Å². The number of carbonyl (C=O) groups excluding carboxylic acids is 2. The topological polar surface area (TPSA) is 120 Å². The SMILES string of the molecule is CONC(=O)CONC(=O)CCN(CCO)CCO. The van der Waals surface area contributed by atoms with Crippen LogP contribution in [0.3, 0.4) is 0 Å². The molecule has 112 valence electrons. The van der Waals surface area contributed by atoms with Crippen LogP contribution in [-0.2, 0) is 19.3 Å². The van der Waals surface area contributed by atoms with E-state index in [9.17, 15) is 9.59 Å². The van der Waals surface area contributed by atoms with Crippen LogP contribution < -0.4 is 11.0 Å². The van der Waals surface area contributed by atoms with Crippen molar-refractivity contribution < 1.29 is 29.5 Å². The molecular weight excluding hydrogens is 258 g/mol. The van der Waals surface area contributed by atoms with Gasteiger partial charge >= 0.3 is 0 Å². The van der Waals surface area contributed by atoms with Crippen LogP contribution in [0, 0.1) is 0 Å². The molecule has 9 nitrogen and oxygen atoms in total. The van der Waals surface area contributed by atoms with Crippen molar-refractivity contribution in [2.75, 3.05) is 46.6 Å². The number of rotatable bonds is 11. The van der Waals surface area contributed by atoms with Gasteiger partial charge in [-0.3, -0.25) is 24.2 Å². The first-order chi connectivity index (χ1) is 9.13. The van der Waals surface area contributed by atoms with Gasteiger partial charge in [0.05, 0.1) is 20.3 Å². The third-order valence-electron chi connectivity index (χ3n) is 2.09. The van der Waals surface area contributed by atoms with E-state index < -0.39 is 11.8 Å². The zero-order valence-corrected chi connectivity index (χ0v) is 10.9. The lowest BCUT2D eigenvalue weighted by Crippen LogP contribution is -2.36. The second kappa shape index (κ2) is 11.8. The van der Waals surface area contributed by atoms with Crippen molar-refractivity contribution in [1.29, 1.82) is 0 Å². The summed E-state index contributed by atoms with van der Waals surface area (Å²) >= 11 is 0. The summed E-state index contributed by atoms with van der Waals surface area (Å²) in [7, 11) is 1.29.